The summed E-state index contributed by atoms with van der Waals surface area (Å²) in [6.45, 7) is 5.26. The molecule has 3 aromatic rings. The summed E-state index contributed by atoms with van der Waals surface area (Å²) >= 11 is 0. The van der Waals surface area contributed by atoms with Gasteiger partial charge in [-0.1, -0.05) is 24.3 Å². The summed E-state index contributed by atoms with van der Waals surface area (Å²) < 4.78 is 49.9. The summed E-state index contributed by atoms with van der Waals surface area (Å²) in [5.41, 5.74) is 3.05. The molecule has 0 saturated carbocycles. The highest BCUT2D eigenvalue weighted by atomic mass is 32.2. The topological polar surface area (TPSA) is 86.8 Å². The Balaban J connectivity index is 1.42. The maximum Gasteiger partial charge on any atom is 0.302 e. The Morgan fingerprint density at radius 2 is 2.03 bits per heavy atom. The minimum atomic E-state index is -3.80. The maximum atomic E-state index is 14.7. The minimum absolute atomic E-state index is 0.317. The molecule has 0 aliphatic carbocycles. The standard InChI is InChI=1S/C24H28FN5O3S/c1-29-24(20-6-4-17-3-2-8-27-22(17)23(20)28-34(29,31)32)18-5-7-21(25)19(15-18)16-26-9-10-30-11-13-33-14-12-30/h2-8,15,24,26,28H,9-14,16H2,1H3. The highest BCUT2D eigenvalue weighted by molar-refractivity contribution is 7.90. The van der Waals surface area contributed by atoms with Crippen LogP contribution in [0.15, 0.2) is 48.7 Å². The molecular weight excluding hydrogens is 457 g/mol. The van der Waals surface area contributed by atoms with Crippen molar-refractivity contribution in [2.75, 3.05) is 51.2 Å². The first-order valence-corrected chi connectivity index (χ1v) is 12.8. The van der Waals surface area contributed by atoms with Gasteiger partial charge in [-0.05, 0) is 23.8 Å². The van der Waals surface area contributed by atoms with Gasteiger partial charge in [-0.15, -0.1) is 0 Å². The summed E-state index contributed by atoms with van der Waals surface area (Å²) in [6.07, 6.45) is 1.64. The molecular formula is C24H28FN5O3S. The Bertz CT molecular complexity index is 1300. The van der Waals surface area contributed by atoms with E-state index in [1.807, 2.05) is 24.3 Å². The van der Waals surface area contributed by atoms with Crippen LogP contribution in [0.25, 0.3) is 10.9 Å². The fourth-order valence-corrected chi connectivity index (χ4v) is 5.74. The van der Waals surface area contributed by atoms with Crippen molar-refractivity contribution in [2.24, 2.45) is 0 Å². The lowest BCUT2D eigenvalue weighted by molar-refractivity contribution is 0.0384. The number of hydrogen-bond acceptors (Lipinski definition) is 6. The Labute approximate surface area is 198 Å². The maximum absolute atomic E-state index is 14.7. The van der Waals surface area contributed by atoms with Gasteiger partial charge in [0.05, 0.1) is 30.5 Å². The average Bonchev–Trinajstić information content (AvgIpc) is 2.84. The quantitative estimate of drug-likeness (QED) is 0.522. The van der Waals surface area contributed by atoms with Crippen LogP contribution in [0.1, 0.15) is 22.7 Å². The molecule has 3 heterocycles. The highest BCUT2D eigenvalue weighted by Crippen LogP contribution is 2.42. The third-order valence-corrected chi connectivity index (χ3v) is 7.92. The lowest BCUT2D eigenvalue weighted by atomic mass is 9.94. The van der Waals surface area contributed by atoms with Crippen LogP contribution >= 0.6 is 0 Å². The first-order chi connectivity index (χ1) is 16.4. The fourth-order valence-electron chi connectivity index (χ4n) is 4.61. The van der Waals surface area contributed by atoms with E-state index in [4.69, 9.17) is 4.74 Å². The van der Waals surface area contributed by atoms with E-state index in [2.05, 4.69) is 19.9 Å². The normalized spacial score (nSPS) is 20.7. The van der Waals surface area contributed by atoms with E-state index in [-0.39, 0.29) is 5.82 Å². The zero-order valence-corrected chi connectivity index (χ0v) is 19.8. The van der Waals surface area contributed by atoms with Crippen LogP contribution in [0, 0.1) is 5.82 Å². The first kappa shape index (κ1) is 23.1. The lowest BCUT2D eigenvalue weighted by Gasteiger charge is -2.35. The van der Waals surface area contributed by atoms with Gasteiger partial charge < -0.3 is 10.1 Å². The van der Waals surface area contributed by atoms with Gasteiger partial charge in [-0.2, -0.15) is 12.7 Å². The molecule has 1 atom stereocenters. The number of hydrogen-bond donors (Lipinski definition) is 2. The molecule has 1 unspecified atom stereocenters. The summed E-state index contributed by atoms with van der Waals surface area (Å²) in [4.78, 5) is 6.72. The van der Waals surface area contributed by atoms with Crippen molar-refractivity contribution in [1.29, 1.82) is 0 Å². The molecule has 34 heavy (non-hydrogen) atoms. The van der Waals surface area contributed by atoms with Crippen LogP contribution in [0.4, 0.5) is 10.1 Å². The van der Waals surface area contributed by atoms with Crippen molar-refractivity contribution in [2.45, 2.75) is 12.6 Å². The van der Waals surface area contributed by atoms with E-state index in [9.17, 15) is 12.8 Å². The number of ether oxygens (including phenoxy) is 1. The molecule has 2 N–H and O–H groups in total. The number of anilines is 1. The molecule has 2 aromatic carbocycles. The Hall–Kier alpha value is -2.63. The van der Waals surface area contributed by atoms with Gasteiger partial charge in [-0.3, -0.25) is 14.6 Å². The molecule has 0 amide bonds. The smallest absolute Gasteiger partial charge is 0.302 e. The first-order valence-electron chi connectivity index (χ1n) is 11.4. The molecule has 2 aliphatic rings. The number of rotatable bonds is 6. The van der Waals surface area contributed by atoms with Gasteiger partial charge in [-0.25, -0.2) is 4.39 Å². The number of nitrogens with zero attached hydrogens (tertiary/aromatic N) is 3. The molecule has 2 aliphatic heterocycles. The number of aromatic nitrogens is 1. The van der Waals surface area contributed by atoms with E-state index >= 15 is 0 Å². The van der Waals surface area contributed by atoms with Crippen LogP contribution in [-0.2, 0) is 21.5 Å². The van der Waals surface area contributed by atoms with E-state index in [1.54, 1.807) is 18.3 Å². The number of pyridine rings is 1. The van der Waals surface area contributed by atoms with Crippen molar-refractivity contribution in [3.8, 4) is 0 Å². The zero-order valence-electron chi connectivity index (χ0n) is 19.0. The molecule has 1 aromatic heterocycles. The monoisotopic (exact) mass is 485 g/mol. The molecule has 1 fully saturated rings. The minimum Gasteiger partial charge on any atom is -0.379 e. The number of halogens is 1. The second-order valence-electron chi connectivity index (χ2n) is 8.61. The molecule has 180 valence electrons. The van der Waals surface area contributed by atoms with Gasteiger partial charge in [0, 0.05) is 62.5 Å². The molecule has 10 heteroatoms. The summed E-state index contributed by atoms with van der Waals surface area (Å²) in [5, 5.41) is 4.16. The zero-order chi connectivity index (χ0) is 23.7. The van der Waals surface area contributed by atoms with E-state index in [1.165, 1.54) is 17.4 Å². The Kier molecular flexibility index (Phi) is 6.50. The molecule has 5 rings (SSSR count). The highest BCUT2D eigenvalue weighted by Gasteiger charge is 2.37. The van der Waals surface area contributed by atoms with Crippen molar-refractivity contribution < 1.29 is 17.5 Å². The van der Waals surface area contributed by atoms with Gasteiger partial charge in [0.1, 0.15) is 5.82 Å². The SMILES string of the molecule is CN1C(c2ccc(F)c(CNCCN3CCOCC3)c2)c2ccc3cccnc3c2NS1(=O)=O. The van der Waals surface area contributed by atoms with Crippen LogP contribution in [-0.4, -0.2) is 69.0 Å². The van der Waals surface area contributed by atoms with Gasteiger partial charge >= 0.3 is 10.2 Å². The van der Waals surface area contributed by atoms with E-state index < -0.39 is 16.3 Å². The summed E-state index contributed by atoms with van der Waals surface area (Å²) in [5.74, 6) is -0.317. The molecule has 0 radical (unpaired) electrons. The summed E-state index contributed by atoms with van der Waals surface area (Å²) in [6, 6.07) is 11.8. The van der Waals surface area contributed by atoms with Gasteiger partial charge in [0.25, 0.3) is 0 Å². The fraction of sp³-hybridized carbons (Fsp3) is 0.375. The lowest BCUT2D eigenvalue weighted by Crippen LogP contribution is -2.41. The third kappa shape index (κ3) is 4.51. The molecule has 0 bridgehead atoms. The van der Waals surface area contributed by atoms with Crippen molar-refractivity contribution in [3.05, 3.63) is 71.2 Å². The van der Waals surface area contributed by atoms with Gasteiger partial charge in [0.2, 0.25) is 0 Å². The van der Waals surface area contributed by atoms with Gasteiger partial charge in [0.15, 0.2) is 0 Å². The van der Waals surface area contributed by atoms with Crippen LogP contribution < -0.4 is 10.0 Å². The second-order valence-corrected chi connectivity index (χ2v) is 10.3. The Morgan fingerprint density at radius 3 is 2.85 bits per heavy atom. The number of benzene rings is 2. The van der Waals surface area contributed by atoms with E-state index in [0.717, 1.165) is 50.3 Å². The average molecular weight is 486 g/mol. The van der Waals surface area contributed by atoms with Crippen molar-refractivity contribution >= 4 is 26.8 Å². The van der Waals surface area contributed by atoms with Crippen LogP contribution in [0.3, 0.4) is 0 Å². The molecule has 0 spiro atoms. The van der Waals surface area contributed by atoms with E-state index in [0.29, 0.717) is 28.9 Å². The predicted molar refractivity (Wildman–Crippen MR) is 129 cm³/mol. The predicted octanol–water partition coefficient (Wildman–Crippen LogP) is 2.49. The number of nitrogens with one attached hydrogen (secondary N) is 2. The Morgan fingerprint density at radius 1 is 1.21 bits per heavy atom. The van der Waals surface area contributed by atoms with Crippen molar-refractivity contribution in [1.82, 2.24) is 19.5 Å². The largest absolute Gasteiger partial charge is 0.379 e. The van der Waals surface area contributed by atoms with Crippen molar-refractivity contribution in [3.63, 3.8) is 0 Å². The van der Waals surface area contributed by atoms with Crippen LogP contribution in [0.5, 0.6) is 0 Å². The molecule has 1 saturated heterocycles. The number of morpholine rings is 1. The number of fused-ring (bicyclic) bond motifs is 3. The molecule has 8 nitrogen and oxygen atoms in total. The summed E-state index contributed by atoms with van der Waals surface area (Å²) in [7, 11) is -2.27. The third-order valence-electron chi connectivity index (χ3n) is 6.48. The second kappa shape index (κ2) is 9.55. The van der Waals surface area contributed by atoms with Crippen LogP contribution in [0.2, 0.25) is 0 Å².